The van der Waals surface area contributed by atoms with E-state index < -0.39 is 44.2 Å². The molecule has 3 N–H and O–H groups in total. The number of rotatable bonds is 11. The molecule has 0 aromatic carbocycles. The second-order valence-corrected chi connectivity index (χ2v) is 9.57. The molecule has 178 valence electrons. The van der Waals surface area contributed by atoms with Crippen LogP contribution in [0.1, 0.15) is 45.9 Å². The van der Waals surface area contributed by atoms with E-state index in [0.29, 0.717) is 12.0 Å². The summed E-state index contributed by atoms with van der Waals surface area (Å²) in [5.41, 5.74) is 5.71. The van der Waals surface area contributed by atoms with Gasteiger partial charge in [-0.25, -0.2) is 9.36 Å². The standard InChI is InChI=1S/C19H34N3O8P/c1-11(2)9-14-15(30-31(24,25)29-12(3)4)16(27-8-7-26-6)18(28-14)22-10-13(5)17(20)21-19(22)23/h10-12,14-16,18H,7-9H2,1-6H3,(H,24,25)(H2,20,21,23)/t14-,15?,16+,18-/m1/s1. The van der Waals surface area contributed by atoms with Crippen molar-refractivity contribution < 1.29 is 32.7 Å². The van der Waals surface area contributed by atoms with Crippen LogP contribution in [-0.4, -0.2) is 59.2 Å². The molecule has 2 rings (SSSR count). The Kier molecular flexibility index (Phi) is 9.20. The number of nitrogen functional groups attached to an aromatic ring is 1. The first-order valence-electron chi connectivity index (χ1n) is 10.3. The number of anilines is 1. The summed E-state index contributed by atoms with van der Waals surface area (Å²) in [4.78, 5) is 26.6. The van der Waals surface area contributed by atoms with Crippen molar-refractivity contribution in [3.63, 3.8) is 0 Å². The van der Waals surface area contributed by atoms with Crippen LogP contribution in [-0.2, 0) is 27.8 Å². The Balaban J connectivity index is 2.45. The molecule has 0 spiro atoms. The first-order valence-corrected chi connectivity index (χ1v) is 11.8. The van der Waals surface area contributed by atoms with Crippen LogP contribution >= 0.6 is 7.82 Å². The number of hydrogen-bond donors (Lipinski definition) is 2. The topological polar surface area (TPSA) is 144 Å². The maximum Gasteiger partial charge on any atom is 0.472 e. The highest BCUT2D eigenvalue weighted by atomic mass is 31.2. The van der Waals surface area contributed by atoms with Crippen molar-refractivity contribution >= 4 is 13.6 Å². The lowest BCUT2D eigenvalue weighted by molar-refractivity contribution is -0.0803. The summed E-state index contributed by atoms with van der Waals surface area (Å²) in [6.07, 6.45) is -1.93. The Morgan fingerprint density at radius 2 is 1.97 bits per heavy atom. The van der Waals surface area contributed by atoms with Crippen LogP contribution in [0.5, 0.6) is 0 Å². The van der Waals surface area contributed by atoms with Crippen LogP contribution in [0.3, 0.4) is 0 Å². The van der Waals surface area contributed by atoms with E-state index in [0.717, 1.165) is 0 Å². The summed E-state index contributed by atoms with van der Waals surface area (Å²) >= 11 is 0. The Bertz CT molecular complexity index is 831. The van der Waals surface area contributed by atoms with Crippen LogP contribution in [0, 0.1) is 12.8 Å². The number of nitrogens with zero attached hydrogens (tertiary/aromatic N) is 2. The molecule has 11 nitrogen and oxygen atoms in total. The average molecular weight is 463 g/mol. The maximum atomic E-state index is 12.6. The minimum absolute atomic E-state index is 0.118. The highest BCUT2D eigenvalue weighted by Crippen LogP contribution is 2.50. The Morgan fingerprint density at radius 3 is 2.55 bits per heavy atom. The molecule has 0 bridgehead atoms. The summed E-state index contributed by atoms with van der Waals surface area (Å²) in [6.45, 7) is 9.37. The van der Waals surface area contributed by atoms with Gasteiger partial charge in [0.05, 0.1) is 25.4 Å². The van der Waals surface area contributed by atoms with E-state index in [9.17, 15) is 14.3 Å². The van der Waals surface area contributed by atoms with Gasteiger partial charge in [-0.2, -0.15) is 4.98 Å². The summed E-state index contributed by atoms with van der Waals surface area (Å²) in [6, 6.07) is 0. The summed E-state index contributed by atoms with van der Waals surface area (Å²) in [5, 5.41) is 0. The van der Waals surface area contributed by atoms with Crippen LogP contribution in [0.15, 0.2) is 11.0 Å². The number of methoxy groups -OCH3 is 1. The van der Waals surface area contributed by atoms with Gasteiger partial charge in [0.25, 0.3) is 0 Å². The molecule has 2 unspecified atom stereocenters. The Labute approximate surface area is 182 Å². The first kappa shape index (κ1) is 25.9. The van der Waals surface area contributed by atoms with Gasteiger partial charge in [0.15, 0.2) is 6.23 Å². The number of hydrogen-bond acceptors (Lipinski definition) is 9. The maximum absolute atomic E-state index is 12.6. The smallest absolute Gasteiger partial charge is 0.383 e. The van der Waals surface area contributed by atoms with E-state index in [1.165, 1.54) is 17.9 Å². The van der Waals surface area contributed by atoms with Crippen molar-refractivity contribution in [2.45, 2.75) is 71.7 Å². The van der Waals surface area contributed by atoms with Gasteiger partial charge in [0, 0.05) is 18.9 Å². The Hall–Kier alpha value is -1.33. The predicted molar refractivity (Wildman–Crippen MR) is 114 cm³/mol. The molecule has 1 aromatic heterocycles. The molecule has 2 heterocycles. The van der Waals surface area contributed by atoms with Crippen molar-refractivity contribution in [3.8, 4) is 0 Å². The summed E-state index contributed by atoms with van der Waals surface area (Å²) < 4.78 is 41.6. The SMILES string of the molecule is COCCO[C@H]1C(OP(=O)(O)OC(C)C)[C@@H](CC(C)C)O[C@H]1n1cc(C)c(N)nc1=O. The second-order valence-electron chi connectivity index (χ2n) is 8.21. The third-order valence-corrected chi connectivity index (χ3v) is 5.83. The van der Waals surface area contributed by atoms with Crippen molar-refractivity contribution in [2.24, 2.45) is 5.92 Å². The van der Waals surface area contributed by atoms with Crippen LogP contribution in [0.25, 0.3) is 0 Å². The molecule has 5 atom stereocenters. The number of phosphoric ester groups is 1. The quantitative estimate of drug-likeness (QED) is 0.369. The van der Waals surface area contributed by atoms with E-state index in [2.05, 4.69) is 4.98 Å². The minimum atomic E-state index is -4.42. The van der Waals surface area contributed by atoms with E-state index in [1.807, 2.05) is 13.8 Å². The van der Waals surface area contributed by atoms with Gasteiger partial charge in [-0.05, 0) is 33.1 Å². The fraction of sp³-hybridized carbons (Fsp3) is 0.789. The van der Waals surface area contributed by atoms with Crippen molar-refractivity contribution in [1.29, 1.82) is 0 Å². The van der Waals surface area contributed by atoms with Crippen LogP contribution in [0.4, 0.5) is 5.82 Å². The number of aromatic nitrogens is 2. The molecule has 0 amide bonds. The summed E-state index contributed by atoms with van der Waals surface area (Å²) in [7, 11) is -2.89. The molecule has 1 aliphatic rings. The predicted octanol–water partition coefficient (Wildman–Crippen LogP) is 2.02. The second kappa shape index (κ2) is 11.0. The molecular formula is C19H34N3O8P. The Morgan fingerprint density at radius 1 is 1.29 bits per heavy atom. The highest BCUT2D eigenvalue weighted by Gasteiger charge is 2.50. The number of phosphoric acid groups is 1. The fourth-order valence-electron chi connectivity index (χ4n) is 3.36. The lowest BCUT2D eigenvalue weighted by atomic mass is 10.0. The molecule has 1 aliphatic heterocycles. The molecule has 0 aliphatic carbocycles. The van der Waals surface area contributed by atoms with Gasteiger partial charge >= 0.3 is 13.5 Å². The largest absolute Gasteiger partial charge is 0.472 e. The molecular weight excluding hydrogens is 429 g/mol. The lowest BCUT2D eigenvalue weighted by Gasteiger charge is -2.27. The lowest BCUT2D eigenvalue weighted by Crippen LogP contribution is -2.40. The van der Waals surface area contributed by atoms with Gasteiger partial charge in [-0.1, -0.05) is 13.8 Å². The molecule has 12 heteroatoms. The van der Waals surface area contributed by atoms with E-state index in [4.69, 9.17) is 29.0 Å². The number of ether oxygens (including phenoxy) is 3. The van der Waals surface area contributed by atoms with E-state index in [-0.39, 0.29) is 24.9 Å². The van der Waals surface area contributed by atoms with Crippen LogP contribution in [0.2, 0.25) is 0 Å². The van der Waals surface area contributed by atoms with Crippen LogP contribution < -0.4 is 11.4 Å². The van der Waals surface area contributed by atoms with Gasteiger partial charge in [0.2, 0.25) is 0 Å². The molecule has 0 radical (unpaired) electrons. The molecule has 1 fully saturated rings. The van der Waals surface area contributed by atoms with Gasteiger partial charge in [0.1, 0.15) is 18.0 Å². The molecule has 0 saturated carbocycles. The van der Waals surface area contributed by atoms with Gasteiger partial charge in [-0.15, -0.1) is 0 Å². The van der Waals surface area contributed by atoms with Crippen molar-refractivity contribution in [1.82, 2.24) is 9.55 Å². The number of aryl methyl sites for hydroxylation is 1. The van der Waals surface area contributed by atoms with Gasteiger partial charge in [-0.3, -0.25) is 13.6 Å². The highest BCUT2D eigenvalue weighted by molar-refractivity contribution is 7.47. The monoisotopic (exact) mass is 463 g/mol. The van der Waals surface area contributed by atoms with E-state index in [1.54, 1.807) is 20.8 Å². The molecule has 1 aromatic rings. The third kappa shape index (κ3) is 7.08. The van der Waals surface area contributed by atoms with E-state index >= 15 is 0 Å². The summed E-state index contributed by atoms with van der Waals surface area (Å²) in [5.74, 6) is 0.300. The fourth-order valence-corrected chi connectivity index (χ4v) is 4.51. The average Bonchev–Trinajstić information content (AvgIpc) is 2.93. The third-order valence-electron chi connectivity index (χ3n) is 4.63. The van der Waals surface area contributed by atoms with Gasteiger partial charge < -0.3 is 24.8 Å². The molecule has 31 heavy (non-hydrogen) atoms. The zero-order valence-corrected chi connectivity index (χ0v) is 19.8. The minimum Gasteiger partial charge on any atom is -0.383 e. The first-order chi connectivity index (χ1) is 14.4. The zero-order chi connectivity index (χ0) is 23.3. The number of nitrogens with two attached hydrogens (primary N) is 1. The molecule has 1 saturated heterocycles. The normalized spacial score (nSPS) is 26.0. The van der Waals surface area contributed by atoms with Crippen molar-refractivity contribution in [2.75, 3.05) is 26.1 Å². The van der Waals surface area contributed by atoms with Crippen molar-refractivity contribution in [3.05, 3.63) is 22.2 Å². The zero-order valence-electron chi connectivity index (χ0n) is 18.9.